The van der Waals surface area contributed by atoms with Crippen molar-refractivity contribution < 1.29 is 0 Å². The van der Waals surface area contributed by atoms with Crippen LogP contribution in [-0.4, -0.2) is 18.6 Å². The minimum absolute atomic E-state index is 0.172. The van der Waals surface area contributed by atoms with Gasteiger partial charge in [0.2, 0.25) is 0 Å². The quantitative estimate of drug-likeness (QED) is 0.872. The molecule has 1 aromatic carbocycles. The molecule has 1 unspecified atom stereocenters. The van der Waals surface area contributed by atoms with E-state index < -0.39 is 0 Å². The van der Waals surface area contributed by atoms with Crippen molar-refractivity contribution in [2.75, 3.05) is 13.1 Å². The van der Waals surface area contributed by atoms with E-state index in [0.717, 1.165) is 41.7 Å². The highest BCUT2D eigenvalue weighted by molar-refractivity contribution is 6.33. The summed E-state index contributed by atoms with van der Waals surface area (Å²) in [4.78, 5) is 0. The van der Waals surface area contributed by atoms with Crippen molar-refractivity contribution in [3.05, 3.63) is 33.8 Å². The molecule has 0 amide bonds. The molecule has 0 aromatic heterocycles. The zero-order valence-corrected chi connectivity index (χ0v) is 10.8. The Bertz CT molecular complexity index is 373. The Labute approximate surface area is 106 Å². The van der Waals surface area contributed by atoms with Gasteiger partial charge in [-0.15, -0.1) is 0 Å². The first-order valence-corrected chi connectivity index (χ1v) is 6.24. The molecule has 1 atom stereocenters. The summed E-state index contributed by atoms with van der Waals surface area (Å²) in [6.07, 6.45) is 1.14. The lowest BCUT2D eigenvalue weighted by Gasteiger charge is -2.24. The van der Waals surface area contributed by atoms with E-state index in [1.54, 1.807) is 0 Å². The molecule has 1 saturated heterocycles. The van der Waals surface area contributed by atoms with Gasteiger partial charge < -0.3 is 10.6 Å². The van der Waals surface area contributed by atoms with E-state index >= 15 is 0 Å². The van der Waals surface area contributed by atoms with Gasteiger partial charge >= 0.3 is 0 Å². The smallest absolute Gasteiger partial charge is 0.0451 e. The summed E-state index contributed by atoms with van der Waals surface area (Å²) in [5, 5.41) is 8.39. The van der Waals surface area contributed by atoms with Crippen LogP contribution < -0.4 is 10.6 Å². The first-order chi connectivity index (χ1) is 7.59. The number of nitrogens with one attached hydrogen (secondary N) is 2. The molecule has 4 heteroatoms. The van der Waals surface area contributed by atoms with Crippen LogP contribution in [0.4, 0.5) is 0 Å². The molecule has 2 nitrogen and oxygen atoms in total. The van der Waals surface area contributed by atoms with Gasteiger partial charge in [-0.05, 0) is 43.7 Å². The molecule has 1 aliphatic rings. The van der Waals surface area contributed by atoms with Gasteiger partial charge in [0, 0.05) is 28.7 Å². The summed E-state index contributed by atoms with van der Waals surface area (Å²) in [6, 6.07) is 5.57. The van der Waals surface area contributed by atoms with Crippen molar-refractivity contribution in [3.63, 3.8) is 0 Å². The predicted molar refractivity (Wildman–Crippen MR) is 69.2 cm³/mol. The van der Waals surface area contributed by atoms with Crippen molar-refractivity contribution in [1.29, 1.82) is 0 Å². The van der Waals surface area contributed by atoms with Gasteiger partial charge in [0.1, 0.15) is 0 Å². The van der Waals surface area contributed by atoms with Crippen LogP contribution in [0.3, 0.4) is 0 Å². The standard InChI is InChI=1S/C12H16Cl2N2/c1-12(4-5-15-8-12)16-7-9-6-10(13)2-3-11(9)14/h2-3,6,15-16H,4-5,7-8H2,1H3. The average molecular weight is 259 g/mol. The fourth-order valence-electron chi connectivity index (χ4n) is 1.96. The van der Waals surface area contributed by atoms with Crippen molar-refractivity contribution in [2.45, 2.75) is 25.4 Å². The van der Waals surface area contributed by atoms with E-state index in [-0.39, 0.29) is 5.54 Å². The number of halogens is 2. The van der Waals surface area contributed by atoms with E-state index in [1.165, 1.54) is 0 Å². The van der Waals surface area contributed by atoms with Gasteiger partial charge in [-0.2, -0.15) is 0 Å². The normalized spacial score (nSPS) is 24.9. The van der Waals surface area contributed by atoms with Crippen LogP contribution in [0.2, 0.25) is 10.0 Å². The molecule has 0 radical (unpaired) electrons. The lowest BCUT2D eigenvalue weighted by Crippen LogP contribution is -2.43. The Hall–Kier alpha value is -0.280. The lowest BCUT2D eigenvalue weighted by atomic mass is 10.0. The minimum atomic E-state index is 0.172. The molecule has 88 valence electrons. The molecular formula is C12H16Cl2N2. The monoisotopic (exact) mass is 258 g/mol. The fourth-order valence-corrected chi connectivity index (χ4v) is 2.33. The molecule has 0 bridgehead atoms. The maximum atomic E-state index is 6.11. The molecule has 2 rings (SSSR count). The van der Waals surface area contributed by atoms with Crippen molar-refractivity contribution in [2.24, 2.45) is 0 Å². The third kappa shape index (κ3) is 2.89. The first kappa shape index (κ1) is 12.2. The van der Waals surface area contributed by atoms with Crippen LogP contribution in [0.25, 0.3) is 0 Å². The molecule has 2 N–H and O–H groups in total. The second-order valence-electron chi connectivity index (χ2n) is 4.58. The zero-order chi connectivity index (χ0) is 11.6. The van der Waals surface area contributed by atoms with Crippen molar-refractivity contribution >= 4 is 23.2 Å². The van der Waals surface area contributed by atoms with Crippen molar-refractivity contribution in [1.82, 2.24) is 10.6 Å². The minimum Gasteiger partial charge on any atom is -0.315 e. The third-order valence-corrected chi connectivity index (χ3v) is 3.69. The summed E-state index contributed by atoms with van der Waals surface area (Å²) in [7, 11) is 0. The topological polar surface area (TPSA) is 24.1 Å². The van der Waals surface area contributed by atoms with Gasteiger partial charge in [0.25, 0.3) is 0 Å². The Kier molecular flexibility index (Phi) is 3.75. The molecule has 1 aromatic rings. The van der Waals surface area contributed by atoms with Crippen LogP contribution in [0, 0.1) is 0 Å². The Morgan fingerprint density at radius 2 is 2.25 bits per heavy atom. The largest absolute Gasteiger partial charge is 0.315 e. The summed E-state index contributed by atoms with van der Waals surface area (Å²) < 4.78 is 0. The van der Waals surface area contributed by atoms with Crippen LogP contribution in [-0.2, 0) is 6.54 Å². The highest BCUT2D eigenvalue weighted by Crippen LogP contribution is 2.22. The number of benzene rings is 1. The van der Waals surface area contributed by atoms with Crippen molar-refractivity contribution in [3.8, 4) is 0 Å². The SMILES string of the molecule is CC1(NCc2cc(Cl)ccc2Cl)CCNC1. The summed E-state index contributed by atoms with van der Waals surface area (Å²) >= 11 is 12.1. The molecule has 0 saturated carbocycles. The second kappa shape index (κ2) is 4.92. The Balaban J connectivity index is 2.01. The number of hydrogen-bond donors (Lipinski definition) is 2. The van der Waals surface area contributed by atoms with E-state index in [4.69, 9.17) is 23.2 Å². The molecule has 0 spiro atoms. The van der Waals surface area contributed by atoms with Gasteiger partial charge in [-0.3, -0.25) is 0 Å². The summed E-state index contributed by atoms with van der Waals surface area (Å²) in [5.74, 6) is 0. The maximum absolute atomic E-state index is 6.11. The Morgan fingerprint density at radius 1 is 1.44 bits per heavy atom. The molecule has 1 aliphatic heterocycles. The molecular weight excluding hydrogens is 243 g/mol. The van der Waals surface area contributed by atoms with Gasteiger partial charge in [-0.25, -0.2) is 0 Å². The molecule has 1 fully saturated rings. The highest BCUT2D eigenvalue weighted by atomic mass is 35.5. The van der Waals surface area contributed by atoms with Gasteiger partial charge in [0.05, 0.1) is 0 Å². The molecule has 1 heterocycles. The number of rotatable bonds is 3. The van der Waals surface area contributed by atoms with E-state index in [9.17, 15) is 0 Å². The second-order valence-corrected chi connectivity index (χ2v) is 5.42. The Morgan fingerprint density at radius 3 is 2.94 bits per heavy atom. The zero-order valence-electron chi connectivity index (χ0n) is 9.32. The lowest BCUT2D eigenvalue weighted by molar-refractivity contribution is 0.386. The van der Waals surface area contributed by atoms with E-state index in [0.29, 0.717) is 0 Å². The van der Waals surface area contributed by atoms with Crippen LogP contribution in [0.5, 0.6) is 0 Å². The van der Waals surface area contributed by atoms with E-state index in [1.807, 2.05) is 18.2 Å². The maximum Gasteiger partial charge on any atom is 0.0451 e. The van der Waals surface area contributed by atoms with E-state index in [2.05, 4.69) is 17.6 Å². The van der Waals surface area contributed by atoms with Gasteiger partial charge in [-0.1, -0.05) is 23.2 Å². The predicted octanol–water partition coefficient (Wildman–Crippen LogP) is 2.84. The highest BCUT2D eigenvalue weighted by Gasteiger charge is 2.27. The van der Waals surface area contributed by atoms with Crippen LogP contribution in [0.1, 0.15) is 18.9 Å². The summed E-state index contributed by atoms with van der Waals surface area (Å²) in [6.45, 7) is 5.07. The average Bonchev–Trinajstić information content (AvgIpc) is 2.67. The molecule has 0 aliphatic carbocycles. The molecule has 16 heavy (non-hydrogen) atoms. The van der Waals surface area contributed by atoms with Gasteiger partial charge in [0.15, 0.2) is 0 Å². The summed E-state index contributed by atoms with van der Waals surface area (Å²) in [5.41, 5.74) is 1.23. The fraction of sp³-hybridized carbons (Fsp3) is 0.500. The number of hydrogen-bond acceptors (Lipinski definition) is 2. The van der Waals surface area contributed by atoms with Crippen LogP contribution in [0.15, 0.2) is 18.2 Å². The first-order valence-electron chi connectivity index (χ1n) is 5.49. The third-order valence-electron chi connectivity index (χ3n) is 3.08. The van der Waals surface area contributed by atoms with Crippen LogP contribution >= 0.6 is 23.2 Å².